The first-order chi connectivity index (χ1) is 9.42. The highest BCUT2D eigenvalue weighted by Crippen LogP contribution is 2.25. The van der Waals surface area contributed by atoms with Crippen molar-refractivity contribution in [2.75, 3.05) is 11.9 Å². The lowest BCUT2D eigenvalue weighted by atomic mass is 10.0. The molecule has 1 aromatic carbocycles. The van der Waals surface area contributed by atoms with Gasteiger partial charge in [-0.1, -0.05) is 24.9 Å². The van der Waals surface area contributed by atoms with Crippen LogP contribution in [0.3, 0.4) is 0 Å². The van der Waals surface area contributed by atoms with Crippen LogP contribution in [0.1, 0.15) is 19.8 Å². The van der Waals surface area contributed by atoms with Crippen LogP contribution in [-0.2, 0) is 4.79 Å². The topological polar surface area (TPSA) is 78.4 Å². The summed E-state index contributed by atoms with van der Waals surface area (Å²) >= 11 is 9.11. The van der Waals surface area contributed by atoms with E-state index in [1.807, 2.05) is 6.92 Å². The van der Waals surface area contributed by atoms with E-state index in [9.17, 15) is 9.59 Å². The quantitative estimate of drug-likeness (QED) is 0.720. The second-order valence-electron chi connectivity index (χ2n) is 4.33. The molecule has 0 radical (unpaired) electrons. The predicted molar refractivity (Wildman–Crippen MR) is 82.2 cm³/mol. The van der Waals surface area contributed by atoms with Crippen LogP contribution in [-0.4, -0.2) is 23.7 Å². The Morgan fingerprint density at radius 3 is 2.70 bits per heavy atom. The van der Waals surface area contributed by atoms with Gasteiger partial charge < -0.3 is 15.7 Å². The van der Waals surface area contributed by atoms with E-state index in [1.54, 1.807) is 18.2 Å². The number of benzene rings is 1. The minimum atomic E-state index is -0.862. The maximum Gasteiger partial charge on any atom is 0.319 e. The Kier molecular flexibility index (Phi) is 6.81. The van der Waals surface area contributed by atoms with Crippen LogP contribution in [0.4, 0.5) is 10.5 Å². The van der Waals surface area contributed by atoms with E-state index in [0.717, 1.165) is 0 Å². The molecule has 1 unspecified atom stereocenters. The van der Waals surface area contributed by atoms with Crippen LogP contribution >= 0.6 is 27.5 Å². The first-order valence-corrected chi connectivity index (χ1v) is 7.31. The van der Waals surface area contributed by atoms with Gasteiger partial charge in [0, 0.05) is 22.5 Å². The van der Waals surface area contributed by atoms with E-state index in [4.69, 9.17) is 16.7 Å². The molecule has 0 fully saturated rings. The SMILES string of the molecule is CCC(CNC(=O)Nc1ccc(Cl)cc1Br)CC(=O)O. The second-order valence-corrected chi connectivity index (χ2v) is 5.62. The van der Waals surface area contributed by atoms with Gasteiger partial charge in [-0.15, -0.1) is 0 Å². The van der Waals surface area contributed by atoms with Crippen LogP contribution < -0.4 is 10.6 Å². The van der Waals surface area contributed by atoms with Gasteiger partial charge >= 0.3 is 12.0 Å². The van der Waals surface area contributed by atoms with Crippen LogP contribution in [0.25, 0.3) is 0 Å². The molecule has 0 aliphatic carbocycles. The van der Waals surface area contributed by atoms with Crippen molar-refractivity contribution >= 4 is 45.2 Å². The summed E-state index contributed by atoms with van der Waals surface area (Å²) in [4.78, 5) is 22.4. The van der Waals surface area contributed by atoms with Gasteiger partial charge in [0.25, 0.3) is 0 Å². The maximum absolute atomic E-state index is 11.7. The highest BCUT2D eigenvalue weighted by Gasteiger charge is 2.13. The number of halogens is 2. The van der Waals surface area contributed by atoms with Gasteiger partial charge in [0.1, 0.15) is 0 Å². The zero-order chi connectivity index (χ0) is 15.1. The van der Waals surface area contributed by atoms with E-state index in [-0.39, 0.29) is 18.4 Å². The minimum absolute atomic E-state index is 0.0431. The van der Waals surface area contributed by atoms with Crippen molar-refractivity contribution in [3.05, 3.63) is 27.7 Å². The number of amides is 2. The predicted octanol–water partition coefficient (Wildman–Crippen LogP) is 3.72. The van der Waals surface area contributed by atoms with Crippen molar-refractivity contribution < 1.29 is 14.7 Å². The Hall–Kier alpha value is -1.27. The minimum Gasteiger partial charge on any atom is -0.481 e. The fraction of sp³-hybridized carbons (Fsp3) is 0.385. The number of aliphatic carboxylic acids is 1. The Bertz CT molecular complexity index is 497. The molecule has 0 saturated carbocycles. The lowest BCUT2D eigenvalue weighted by Crippen LogP contribution is -2.33. The number of carboxylic acid groups (broad SMARTS) is 1. The molecule has 0 heterocycles. The highest BCUT2D eigenvalue weighted by atomic mass is 79.9. The molecule has 3 N–H and O–H groups in total. The number of urea groups is 1. The number of carbonyl (C=O) groups is 2. The van der Waals surface area contributed by atoms with E-state index < -0.39 is 5.97 Å². The number of anilines is 1. The lowest BCUT2D eigenvalue weighted by molar-refractivity contribution is -0.138. The normalized spacial score (nSPS) is 11.8. The van der Waals surface area contributed by atoms with Gasteiger partial charge in [-0.2, -0.15) is 0 Å². The summed E-state index contributed by atoms with van der Waals surface area (Å²) in [6.07, 6.45) is 0.735. The Balaban J connectivity index is 2.49. The Labute approximate surface area is 130 Å². The molecule has 0 saturated heterocycles. The summed E-state index contributed by atoms with van der Waals surface area (Å²) in [5.41, 5.74) is 0.596. The van der Waals surface area contributed by atoms with Crippen molar-refractivity contribution in [3.8, 4) is 0 Å². The molecule has 0 aromatic heterocycles. The first kappa shape index (κ1) is 16.8. The molecule has 1 aromatic rings. The van der Waals surface area contributed by atoms with Gasteiger partial charge in [-0.3, -0.25) is 4.79 Å². The van der Waals surface area contributed by atoms with Gasteiger partial charge in [-0.05, 0) is 40.0 Å². The van der Waals surface area contributed by atoms with E-state index in [0.29, 0.717) is 28.1 Å². The molecule has 0 aliphatic heterocycles. The van der Waals surface area contributed by atoms with Crippen molar-refractivity contribution in [3.63, 3.8) is 0 Å². The van der Waals surface area contributed by atoms with E-state index in [1.165, 1.54) is 0 Å². The number of hydrogen-bond donors (Lipinski definition) is 3. The molecule has 2 amide bonds. The summed E-state index contributed by atoms with van der Waals surface area (Å²) < 4.78 is 0.678. The van der Waals surface area contributed by atoms with Gasteiger partial charge in [0.15, 0.2) is 0 Å². The number of carbonyl (C=O) groups excluding carboxylic acids is 1. The average molecular weight is 364 g/mol. The highest BCUT2D eigenvalue weighted by molar-refractivity contribution is 9.10. The molecule has 20 heavy (non-hydrogen) atoms. The van der Waals surface area contributed by atoms with Crippen molar-refractivity contribution in [2.24, 2.45) is 5.92 Å². The molecule has 1 atom stereocenters. The molecule has 7 heteroatoms. The molecule has 1 rings (SSSR count). The molecule has 0 bridgehead atoms. The number of nitrogens with one attached hydrogen (secondary N) is 2. The van der Waals surface area contributed by atoms with Gasteiger partial charge in [-0.25, -0.2) is 4.79 Å². The third kappa shape index (κ3) is 5.79. The monoisotopic (exact) mass is 362 g/mol. The van der Waals surface area contributed by atoms with Crippen LogP contribution in [0, 0.1) is 5.92 Å². The number of rotatable bonds is 6. The molecule has 110 valence electrons. The van der Waals surface area contributed by atoms with Crippen molar-refractivity contribution in [2.45, 2.75) is 19.8 Å². The lowest BCUT2D eigenvalue weighted by Gasteiger charge is -2.14. The third-order valence-corrected chi connectivity index (χ3v) is 3.66. The summed E-state index contributed by atoms with van der Waals surface area (Å²) in [5, 5.41) is 14.6. The zero-order valence-electron chi connectivity index (χ0n) is 11.0. The summed E-state index contributed by atoms with van der Waals surface area (Å²) in [5.74, 6) is -0.939. The summed E-state index contributed by atoms with van der Waals surface area (Å²) in [6, 6.07) is 4.65. The van der Waals surface area contributed by atoms with Gasteiger partial charge in [0.05, 0.1) is 5.69 Å². The Morgan fingerprint density at radius 2 is 2.15 bits per heavy atom. The van der Waals surface area contributed by atoms with Crippen LogP contribution in [0.15, 0.2) is 22.7 Å². The average Bonchev–Trinajstić information content (AvgIpc) is 2.37. The van der Waals surface area contributed by atoms with Crippen LogP contribution in [0.5, 0.6) is 0 Å². The Morgan fingerprint density at radius 1 is 1.45 bits per heavy atom. The molecule has 0 aliphatic rings. The third-order valence-electron chi connectivity index (χ3n) is 2.77. The first-order valence-electron chi connectivity index (χ1n) is 6.14. The summed E-state index contributed by atoms with van der Waals surface area (Å²) in [6.45, 7) is 2.21. The molecular weight excluding hydrogens is 348 g/mol. The van der Waals surface area contributed by atoms with Crippen molar-refractivity contribution in [1.82, 2.24) is 5.32 Å². The fourth-order valence-corrected chi connectivity index (χ4v) is 2.38. The standard InChI is InChI=1S/C13H16BrClN2O3/c1-2-8(5-12(18)19)7-16-13(20)17-11-4-3-9(15)6-10(11)14/h3-4,6,8H,2,5,7H2,1H3,(H,18,19)(H2,16,17,20). The molecule has 5 nitrogen and oxygen atoms in total. The zero-order valence-corrected chi connectivity index (χ0v) is 13.3. The van der Waals surface area contributed by atoms with Crippen molar-refractivity contribution in [1.29, 1.82) is 0 Å². The van der Waals surface area contributed by atoms with Crippen LogP contribution in [0.2, 0.25) is 5.02 Å². The number of carboxylic acids is 1. The van der Waals surface area contributed by atoms with E-state index >= 15 is 0 Å². The maximum atomic E-state index is 11.7. The largest absolute Gasteiger partial charge is 0.481 e. The van der Waals surface area contributed by atoms with E-state index in [2.05, 4.69) is 26.6 Å². The second kappa shape index (κ2) is 8.11. The molecule has 0 spiro atoms. The summed E-state index contributed by atoms with van der Waals surface area (Å²) in [7, 11) is 0. The smallest absolute Gasteiger partial charge is 0.319 e. The fourth-order valence-electron chi connectivity index (χ4n) is 1.60. The molecular formula is C13H16BrClN2O3. The van der Waals surface area contributed by atoms with Gasteiger partial charge in [0.2, 0.25) is 0 Å². The number of hydrogen-bond acceptors (Lipinski definition) is 2.